The summed E-state index contributed by atoms with van der Waals surface area (Å²) in [6.45, 7) is 2.06. The van der Waals surface area contributed by atoms with Gasteiger partial charge in [-0.1, -0.05) is 0 Å². The van der Waals surface area contributed by atoms with Crippen LogP contribution in [-0.4, -0.2) is 40.0 Å². The molecule has 1 aromatic heterocycles. The summed E-state index contributed by atoms with van der Waals surface area (Å²) in [5.41, 5.74) is 1.07. The van der Waals surface area contributed by atoms with E-state index < -0.39 is 12.5 Å². The van der Waals surface area contributed by atoms with Gasteiger partial charge >= 0.3 is 0 Å². The molecule has 0 aliphatic carbocycles. The van der Waals surface area contributed by atoms with Gasteiger partial charge in [0.1, 0.15) is 0 Å². The minimum Gasteiger partial charge on any atom is -0.421 e. The highest BCUT2D eigenvalue weighted by atomic mass is 19.3. The van der Waals surface area contributed by atoms with Gasteiger partial charge < -0.3 is 9.32 Å². The summed E-state index contributed by atoms with van der Waals surface area (Å²) in [6, 6.07) is 5.58. The number of piperidine rings is 1. The summed E-state index contributed by atoms with van der Waals surface area (Å²) in [5, 5.41) is 7.65. The maximum Gasteiger partial charge on any atom is 0.258 e. The summed E-state index contributed by atoms with van der Waals surface area (Å²) in [4.78, 5) is 13.8. The van der Waals surface area contributed by atoms with Crippen molar-refractivity contribution in [3.63, 3.8) is 0 Å². The molecule has 1 aliphatic rings. The van der Waals surface area contributed by atoms with Crippen LogP contribution in [0.3, 0.4) is 0 Å². The zero-order valence-electron chi connectivity index (χ0n) is 12.7. The first kappa shape index (κ1) is 15.6. The molecule has 1 unspecified atom stereocenters. The Kier molecular flexibility index (Phi) is 4.36. The summed E-state index contributed by atoms with van der Waals surface area (Å²) < 4.78 is 31.5. The number of aromatic nitrogens is 2. The summed E-state index contributed by atoms with van der Waals surface area (Å²) in [5.74, 6) is 0.460. The van der Waals surface area contributed by atoms with E-state index in [1.807, 2.05) is 0 Å². The number of amides is 1. The van der Waals surface area contributed by atoms with Crippen molar-refractivity contribution < 1.29 is 18.0 Å². The van der Waals surface area contributed by atoms with Crippen molar-refractivity contribution in [2.75, 3.05) is 6.54 Å². The molecule has 1 atom stereocenters. The van der Waals surface area contributed by atoms with Gasteiger partial charge in [-0.2, -0.15) is 0 Å². The number of hydrogen-bond acceptors (Lipinski definition) is 4. The molecular weight excluding hydrogens is 304 g/mol. The predicted molar refractivity (Wildman–Crippen MR) is 79.2 cm³/mol. The molecule has 1 aliphatic heterocycles. The van der Waals surface area contributed by atoms with Crippen molar-refractivity contribution in [2.24, 2.45) is 0 Å². The van der Waals surface area contributed by atoms with Gasteiger partial charge in [-0.15, -0.1) is 10.2 Å². The molecule has 0 radical (unpaired) electrons. The Bertz CT molecular complexity index is 685. The lowest BCUT2D eigenvalue weighted by Gasteiger charge is -2.35. The first-order valence-electron chi connectivity index (χ1n) is 7.56. The fraction of sp³-hybridized carbons (Fsp3) is 0.438. The SMILES string of the molecule is Cc1nnc(-c2ccc(C(=O)N3CCCCC3C(F)F)cc2)o1. The van der Waals surface area contributed by atoms with Crippen LogP contribution in [0, 0.1) is 6.92 Å². The van der Waals surface area contributed by atoms with E-state index >= 15 is 0 Å². The number of benzene rings is 1. The van der Waals surface area contributed by atoms with Gasteiger partial charge in [0.2, 0.25) is 11.8 Å². The van der Waals surface area contributed by atoms with Crippen LogP contribution in [0.1, 0.15) is 35.5 Å². The molecule has 0 saturated carbocycles. The standard InChI is InChI=1S/C16H17F2N3O2/c1-10-19-20-15(23-10)11-5-7-12(8-6-11)16(22)21-9-3-2-4-13(21)14(17)18/h5-8,13-14H,2-4,9H2,1H3. The Labute approximate surface area is 132 Å². The Balaban J connectivity index is 1.79. The molecule has 1 fully saturated rings. The lowest BCUT2D eigenvalue weighted by Crippen LogP contribution is -2.47. The van der Waals surface area contributed by atoms with Crippen LogP contribution < -0.4 is 0 Å². The number of nitrogens with zero attached hydrogens (tertiary/aromatic N) is 3. The summed E-state index contributed by atoms with van der Waals surface area (Å²) in [6.07, 6.45) is -0.675. The van der Waals surface area contributed by atoms with Gasteiger partial charge in [-0.25, -0.2) is 8.78 Å². The molecule has 122 valence electrons. The van der Waals surface area contributed by atoms with E-state index in [4.69, 9.17) is 4.42 Å². The molecule has 1 amide bonds. The van der Waals surface area contributed by atoms with Crippen LogP contribution in [0.4, 0.5) is 8.78 Å². The van der Waals surface area contributed by atoms with Crippen molar-refractivity contribution in [1.29, 1.82) is 0 Å². The van der Waals surface area contributed by atoms with E-state index in [2.05, 4.69) is 10.2 Å². The third-order valence-corrected chi connectivity index (χ3v) is 4.01. The first-order valence-corrected chi connectivity index (χ1v) is 7.56. The largest absolute Gasteiger partial charge is 0.421 e. The van der Waals surface area contributed by atoms with Crippen molar-refractivity contribution in [3.05, 3.63) is 35.7 Å². The number of aryl methyl sites for hydroxylation is 1. The lowest BCUT2D eigenvalue weighted by atomic mass is 10.0. The molecule has 7 heteroatoms. The first-order chi connectivity index (χ1) is 11.1. The highest BCUT2D eigenvalue weighted by Gasteiger charge is 2.33. The second-order valence-corrected chi connectivity index (χ2v) is 5.60. The molecule has 1 saturated heterocycles. The number of carbonyl (C=O) groups excluding carboxylic acids is 1. The van der Waals surface area contributed by atoms with E-state index in [9.17, 15) is 13.6 Å². The van der Waals surface area contributed by atoms with E-state index in [0.717, 1.165) is 12.8 Å². The smallest absolute Gasteiger partial charge is 0.258 e. The van der Waals surface area contributed by atoms with Crippen LogP contribution >= 0.6 is 0 Å². The van der Waals surface area contributed by atoms with Crippen LogP contribution in [0.2, 0.25) is 0 Å². The fourth-order valence-electron chi connectivity index (χ4n) is 2.81. The Hall–Kier alpha value is -2.31. The monoisotopic (exact) mass is 321 g/mol. The van der Waals surface area contributed by atoms with Crippen LogP contribution in [0.15, 0.2) is 28.7 Å². The van der Waals surface area contributed by atoms with E-state index in [1.54, 1.807) is 31.2 Å². The highest BCUT2D eigenvalue weighted by molar-refractivity contribution is 5.95. The van der Waals surface area contributed by atoms with Gasteiger partial charge in [-0.05, 0) is 43.5 Å². The maximum absolute atomic E-state index is 13.1. The van der Waals surface area contributed by atoms with Crippen molar-refractivity contribution in [3.8, 4) is 11.5 Å². The molecule has 23 heavy (non-hydrogen) atoms. The van der Waals surface area contributed by atoms with Crippen molar-refractivity contribution in [2.45, 2.75) is 38.7 Å². The molecule has 0 N–H and O–H groups in total. The van der Waals surface area contributed by atoms with Crippen molar-refractivity contribution in [1.82, 2.24) is 15.1 Å². The van der Waals surface area contributed by atoms with E-state index in [1.165, 1.54) is 4.90 Å². The number of hydrogen-bond donors (Lipinski definition) is 0. The van der Waals surface area contributed by atoms with Crippen LogP contribution in [-0.2, 0) is 0 Å². The summed E-state index contributed by atoms with van der Waals surface area (Å²) >= 11 is 0. The van der Waals surface area contributed by atoms with Gasteiger partial charge in [0, 0.05) is 24.6 Å². The second-order valence-electron chi connectivity index (χ2n) is 5.60. The minimum absolute atomic E-state index is 0.350. The van der Waals surface area contributed by atoms with Gasteiger partial charge in [0.05, 0.1) is 6.04 Å². The quantitative estimate of drug-likeness (QED) is 0.870. The minimum atomic E-state index is -2.51. The molecule has 2 aromatic rings. The Morgan fingerprint density at radius 3 is 2.61 bits per heavy atom. The molecule has 3 rings (SSSR count). The lowest BCUT2D eigenvalue weighted by molar-refractivity contribution is 0.00684. The Morgan fingerprint density at radius 2 is 2.00 bits per heavy atom. The molecule has 0 spiro atoms. The molecule has 1 aromatic carbocycles. The maximum atomic E-state index is 13.1. The van der Waals surface area contributed by atoms with Crippen molar-refractivity contribution >= 4 is 5.91 Å². The molecule has 2 heterocycles. The second kappa shape index (κ2) is 6.44. The highest BCUT2D eigenvalue weighted by Crippen LogP contribution is 2.25. The average molecular weight is 321 g/mol. The number of likely N-dealkylation sites (tertiary alicyclic amines) is 1. The Morgan fingerprint density at radius 1 is 1.26 bits per heavy atom. The number of rotatable bonds is 3. The van der Waals surface area contributed by atoms with E-state index in [-0.39, 0.29) is 5.91 Å². The number of carbonyl (C=O) groups is 1. The van der Waals surface area contributed by atoms with Crippen LogP contribution in [0.5, 0.6) is 0 Å². The number of halogens is 2. The third kappa shape index (κ3) is 3.23. The zero-order valence-corrected chi connectivity index (χ0v) is 12.7. The number of alkyl halides is 2. The van der Waals surface area contributed by atoms with Gasteiger partial charge in [0.15, 0.2) is 0 Å². The zero-order chi connectivity index (χ0) is 16.4. The van der Waals surface area contributed by atoms with Gasteiger partial charge in [-0.3, -0.25) is 4.79 Å². The topological polar surface area (TPSA) is 59.2 Å². The molecule has 0 bridgehead atoms. The molecular formula is C16H17F2N3O2. The summed E-state index contributed by atoms with van der Waals surface area (Å²) in [7, 11) is 0. The molecule has 5 nitrogen and oxygen atoms in total. The van der Waals surface area contributed by atoms with E-state index in [0.29, 0.717) is 35.9 Å². The van der Waals surface area contributed by atoms with Gasteiger partial charge in [0.25, 0.3) is 12.3 Å². The average Bonchev–Trinajstić information content (AvgIpc) is 3.01. The predicted octanol–water partition coefficient (Wildman–Crippen LogP) is 3.30. The fourth-order valence-corrected chi connectivity index (χ4v) is 2.81. The third-order valence-electron chi connectivity index (χ3n) is 4.01. The van der Waals surface area contributed by atoms with Crippen LogP contribution in [0.25, 0.3) is 11.5 Å². The normalized spacial score (nSPS) is 18.4.